The fraction of sp³-hybridized carbons (Fsp3) is 0.784. The molecule has 0 radical (unpaired) electrons. The molecule has 14 atom stereocenters. The minimum Gasteiger partial charge on any atom is -0.460 e. The van der Waals surface area contributed by atoms with Gasteiger partial charge < -0.3 is 43.9 Å². The van der Waals surface area contributed by atoms with Gasteiger partial charge >= 0.3 is 5.97 Å². The average Bonchev–Trinajstić information content (AvgIpc) is 3.27. The molecule has 2 aliphatic heterocycles. The SMILES string of the molecule is C/C=C/C=C(\C)[C@H](C[C@@H]1CC[C@@H](C)[C@](O)(C(=O)C(=O)N2CCCC[C@H]2C(=O)O[C@@H](CC(=O)[C@H](C)/C=C(\C)[C@@H](O)[C@@H](OC)C(=O)[C@H](C)CC(C)C)[C@H](C)C[C@@H]2CC[C@@H](O)[C@H](OC)C2)O1)OC. The molecule has 0 unspecified atom stereocenters. The van der Waals surface area contributed by atoms with Crippen LogP contribution >= 0.6 is 0 Å². The number of hydrogen-bond acceptors (Lipinski definition) is 13. The quantitative estimate of drug-likeness (QED) is 0.0404. The molecule has 3 aliphatic rings. The summed E-state index contributed by atoms with van der Waals surface area (Å²) in [5.74, 6) is -7.52. The van der Waals surface area contributed by atoms with Crippen LogP contribution in [0.5, 0.6) is 0 Å². The van der Waals surface area contributed by atoms with Crippen molar-refractivity contribution in [3.8, 4) is 0 Å². The zero-order chi connectivity index (χ0) is 48.8. The van der Waals surface area contributed by atoms with Gasteiger partial charge in [-0.1, -0.05) is 65.8 Å². The summed E-state index contributed by atoms with van der Waals surface area (Å²) in [5, 5.41) is 33.6. The Kier molecular flexibility index (Phi) is 22.9. The van der Waals surface area contributed by atoms with Crippen molar-refractivity contribution in [1.82, 2.24) is 4.90 Å². The maximum Gasteiger partial charge on any atom is 0.329 e. The highest BCUT2D eigenvalue weighted by Crippen LogP contribution is 2.37. The highest BCUT2D eigenvalue weighted by molar-refractivity contribution is 6.39. The third-order valence-electron chi connectivity index (χ3n) is 14.1. The van der Waals surface area contributed by atoms with Crippen LogP contribution in [0.1, 0.15) is 139 Å². The topological polar surface area (TPSA) is 195 Å². The first-order chi connectivity index (χ1) is 30.6. The number of rotatable bonds is 24. The fourth-order valence-corrected chi connectivity index (χ4v) is 9.91. The summed E-state index contributed by atoms with van der Waals surface area (Å²) >= 11 is 0. The number of esters is 1. The first kappa shape index (κ1) is 56.2. The number of amides is 1. The second-order valence-electron chi connectivity index (χ2n) is 19.8. The molecule has 0 aromatic carbocycles. The lowest BCUT2D eigenvalue weighted by Crippen LogP contribution is -2.61. The lowest BCUT2D eigenvalue weighted by molar-refractivity contribution is -0.265. The average molecular weight is 918 g/mol. The lowest BCUT2D eigenvalue weighted by Gasteiger charge is -2.42. The highest BCUT2D eigenvalue weighted by Gasteiger charge is 2.53. The van der Waals surface area contributed by atoms with Crippen LogP contribution in [0.4, 0.5) is 0 Å². The van der Waals surface area contributed by atoms with E-state index >= 15 is 0 Å². The van der Waals surface area contributed by atoms with Crippen LogP contribution < -0.4 is 0 Å². The summed E-state index contributed by atoms with van der Waals surface area (Å²) in [6.45, 7) is 16.7. The number of aliphatic hydroxyl groups excluding tert-OH is 2. The van der Waals surface area contributed by atoms with Crippen LogP contribution in [0.3, 0.4) is 0 Å². The number of ether oxygens (including phenoxy) is 5. The summed E-state index contributed by atoms with van der Waals surface area (Å²) in [4.78, 5) is 71.2. The van der Waals surface area contributed by atoms with Crippen LogP contribution in [0.2, 0.25) is 0 Å². The summed E-state index contributed by atoms with van der Waals surface area (Å²) in [6, 6.07) is -1.14. The van der Waals surface area contributed by atoms with Gasteiger partial charge in [-0.25, -0.2) is 4.79 Å². The Morgan fingerprint density at radius 3 is 2.22 bits per heavy atom. The van der Waals surface area contributed by atoms with Gasteiger partial charge in [-0.05, 0) is 114 Å². The third-order valence-corrected chi connectivity index (χ3v) is 14.1. The van der Waals surface area contributed by atoms with E-state index in [-0.39, 0.29) is 66.8 Å². The number of piperidine rings is 1. The van der Waals surface area contributed by atoms with Crippen molar-refractivity contribution >= 4 is 29.2 Å². The number of carbonyl (C=O) groups is 5. The Hall–Kier alpha value is -3.11. The van der Waals surface area contributed by atoms with E-state index < -0.39 is 71.8 Å². The van der Waals surface area contributed by atoms with E-state index in [9.17, 15) is 39.3 Å². The van der Waals surface area contributed by atoms with Gasteiger partial charge in [0, 0.05) is 58.5 Å². The molecule has 1 amide bonds. The van der Waals surface area contributed by atoms with Crippen molar-refractivity contribution in [3.05, 3.63) is 35.5 Å². The molecule has 14 heteroatoms. The van der Waals surface area contributed by atoms with E-state index in [4.69, 9.17) is 23.7 Å². The molecule has 0 bridgehead atoms. The number of nitrogens with zero attached hydrogens (tertiary/aromatic N) is 1. The Labute approximate surface area is 388 Å². The molecule has 1 aliphatic carbocycles. The van der Waals surface area contributed by atoms with Crippen LogP contribution in [0.15, 0.2) is 35.5 Å². The van der Waals surface area contributed by atoms with Gasteiger partial charge in [0.05, 0.1) is 24.4 Å². The fourth-order valence-electron chi connectivity index (χ4n) is 9.91. The third kappa shape index (κ3) is 15.5. The summed E-state index contributed by atoms with van der Waals surface area (Å²) in [6.07, 6.45) is 7.76. The van der Waals surface area contributed by atoms with Gasteiger partial charge in [-0.15, -0.1) is 0 Å². The van der Waals surface area contributed by atoms with E-state index in [1.165, 1.54) is 12.0 Å². The number of methoxy groups -OCH3 is 3. The van der Waals surface area contributed by atoms with Gasteiger partial charge in [0.2, 0.25) is 5.79 Å². The van der Waals surface area contributed by atoms with E-state index in [0.717, 1.165) is 12.0 Å². The van der Waals surface area contributed by atoms with Crippen molar-refractivity contribution in [2.75, 3.05) is 27.9 Å². The number of hydrogen-bond donors (Lipinski definition) is 3. The predicted molar refractivity (Wildman–Crippen MR) is 247 cm³/mol. The van der Waals surface area contributed by atoms with E-state index in [2.05, 4.69) is 0 Å². The molecule has 2 heterocycles. The molecule has 3 N–H and O–H groups in total. The largest absolute Gasteiger partial charge is 0.460 e. The Morgan fingerprint density at radius 1 is 0.908 bits per heavy atom. The Bertz CT molecular complexity index is 1670. The first-order valence-electron chi connectivity index (χ1n) is 24.1. The maximum atomic E-state index is 14.4. The molecule has 3 rings (SSSR count). The van der Waals surface area contributed by atoms with Crippen molar-refractivity contribution in [2.24, 2.45) is 35.5 Å². The van der Waals surface area contributed by atoms with Crippen LogP contribution in [0, 0.1) is 35.5 Å². The molecular weight excluding hydrogens is 835 g/mol. The zero-order valence-electron chi connectivity index (χ0n) is 41.5. The molecular formula is C51H83NO13. The van der Waals surface area contributed by atoms with Crippen LogP contribution in [-0.4, -0.2) is 132 Å². The van der Waals surface area contributed by atoms with E-state index in [1.54, 1.807) is 41.1 Å². The van der Waals surface area contributed by atoms with Gasteiger partial charge in [-0.2, -0.15) is 0 Å². The number of aliphatic hydroxyl groups is 3. The molecule has 0 aromatic rings. The number of likely N-dealkylation sites (tertiary alicyclic amines) is 1. The minimum absolute atomic E-state index is 0.0888. The van der Waals surface area contributed by atoms with Gasteiger partial charge in [0.25, 0.3) is 11.7 Å². The normalized spacial score (nSPS) is 29.1. The standard InChI is InChI=1S/C51H83NO13/c1-13-14-17-31(4)42(61-10)28-38-21-19-36(9)51(60,65-38)48(57)49(58)52-23-16-15-18-39(52)50(59)64-43(33(6)26-37-20-22-40(53)44(27-37)62-11)29-41(54)32(5)25-35(8)46(56)47(63-12)45(55)34(7)24-30(2)3/h13-14,17,25,30,32-34,36-40,42-44,46-47,53,56,60H,15-16,18-24,26-29H2,1-12H3/b14-13+,31-17+,35-25+/t32-,33-,34-,36-,37+,38+,39+,40-,42+,43+,44-,46-,47+,51-/m1/s1. The summed E-state index contributed by atoms with van der Waals surface area (Å²) in [5.41, 5.74) is 1.34. The molecule has 2 saturated heterocycles. The van der Waals surface area contributed by atoms with Crippen LogP contribution in [-0.2, 0) is 47.7 Å². The van der Waals surface area contributed by atoms with Crippen molar-refractivity contribution in [2.45, 2.75) is 194 Å². The molecule has 65 heavy (non-hydrogen) atoms. The molecule has 1 saturated carbocycles. The second kappa shape index (κ2) is 26.4. The molecule has 0 spiro atoms. The van der Waals surface area contributed by atoms with Crippen molar-refractivity contribution in [3.63, 3.8) is 0 Å². The lowest BCUT2D eigenvalue weighted by atomic mass is 9.78. The molecule has 3 fully saturated rings. The predicted octanol–water partition coefficient (Wildman–Crippen LogP) is 6.65. The molecule has 14 nitrogen and oxygen atoms in total. The monoisotopic (exact) mass is 918 g/mol. The van der Waals surface area contributed by atoms with E-state index in [1.807, 2.05) is 59.8 Å². The highest BCUT2D eigenvalue weighted by atomic mass is 16.6. The number of Topliss-reactive ketones (excluding diaryl/α,β-unsaturated/α-hetero) is 3. The van der Waals surface area contributed by atoms with Gasteiger partial charge in [-0.3, -0.25) is 19.2 Å². The van der Waals surface area contributed by atoms with Crippen molar-refractivity contribution < 1.29 is 63.0 Å². The second-order valence-corrected chi connectivity index (χ2v) is 19.8. The zero-order valence-corrected chi connectivity index (χ0v) is 41.5. The van der Waals surface area contributed by atoms with Crippen molar-refractivity contribution in [1.29, 1.82) is 0 Å². The Morgan fingerprint density at radius 2 is 1.60 bits per heavy atom. The number of carbonyl (C=O) groups excluding carboxylic acids is 5. The molecule has 0 aromatic heterocycles. The summed E-state index contributed by atoms with van der Waals surface area (Å²) < 4.78 is 29.1. The van der Waals surface area contributed by atoms with Gasteiger partial charge in [0.1, 0.15) is 30.1 Å². The summed E-state index contributed by atoms with van der Waals surface area (Å²) in [7, 11) is 4.53. The minimum atomic E-state index is -2.42. The molecule has 370 valence electrons. The van der Waals surface area contributed by atoms with Crippen LogP contribution in [0.25, 0.3) is 0 Å². The van der Waals surface area contributed by atoms with E-state index in [0.29, 0.717) is 63.4 Å². The van der Waals surface area contributed by atoms with Gasteiger partial charge in [0.15, 0.2) is 5.78 Å². The maximum absolute atomic E-state index is 14.4. The first-order valence-corrected chi connectivity index (χ1v) is 24.1. The Balaban J connectivity index is 1.86. The smallest absolute Gasteiger partial charge is 0.329 e. The number of allylic oxidation sites excluding steroid dienone is 4. The number of ketones is 3.